The third-order valence-corrected chi connectivity index (χ3v) is 6.48. The monoisotopic (exact) mass is 362 g/mol. The highest BCUT2D eigenvalue weighted by Gasteiger charge is 2.25. The summed E-state index contributed by atoms with van der Waals surface area (Å²) in [6.07, 6.45) is 2.52. The van der Waals surface area contributed by atoms with Gasteiger partial charge in [-0.05, 0) is 30.7 Å². The molecule has 0 unspecified atom stereocenters. The maximum atomic E-state index is 12.8. The molecule has 1 aliphatic rings. The Bertz CT molecular complexity index is 854. The van der Waals surface area contributed by atoms with Gasteiger partial charge in [0.05, 0.1) is 11.1 Å². The van der Waals surface area contributed by atoms with Crippen molar-refractivity contribution in [1.82, 2.24) is 14.1 Å². The summed E-state index contributed by atoms with van der Waals surface area (Å²) < 4.78 is 28.3. The number of carbonyl (C=O) groups is 1. The van der Waals surface area contributed by atoms with Gasteiger partial charge in [-0.25, -0.2) is 13.1 Å². The average molecular weight is 362 g/mol. The molecule has 3 rings (SSSR count). The average Bonchev–Trinajstić information content (AvgIpc) is 3.11. The van der Waals surface area contributed by atoms with Crippen LogP contribution in [-0.2, 0) is 16.6 Å². The first kappa shape index (κ1) is 17.6. The summed E-state index contributed by atoms with van der Waals surface area (Å²) in [5.74, 6) is 0.629. The first-order valence-electron chi connectivity index (χ1n) is 8.43. The van der Waals surface area contributed by atoms with Gasteiger partial charge in [0.2, 0.25) is 10.0 Å². The summed E-state index contributed by atoms with van der Waals surface area (Å²) in [6.45, 7) is 5.86. The Labute approximate surface area is 147 Å². The topological polar surface area (TPSA) is 75.5 Å². The Morgan fingerprint density at radius 2 is 1.80 bits per heavy atom. The van der Waals surface area contributed by atoms with Crippen molar-refractivity contribution in [3.8, 4) is 0 Å². The van der Waals surface area contributed by atoms with E-state index in [0.717, 1.165) is 18.8 Å². The number of hydrogen-bond donors (Lipinski definition) is 0. The van der Waals surface area contributed by atoms with Gasteiger partial charge in [0, 0.05) is 37.8 Å². The molecule has 0 fully saturated rings. The van der Waals surface area contributed by atoms with Crippen LogP contribution in [0.4, 0.5) is 5.82 Å². The van der Waals surface area contributed by atoms with Crippen molar-refractivity contribution in [2.45, 2.75) is 31.7 Å². The van der Waals surface area contributed by atoms with E-state index in [1.807, 2.05) is 6.07 Å². The minimum atomic E-state index is -3.51. The second kappa shape index (κ2) is 6.97. The van der Waals surface area contributed by atoms with Gasteiger partial charge < -0.3 is 0 Å². The fourth-order valence-corrected chi connectivity index (χ4v) is 4.52. The molecule has 134 valence electrons. The van der Waals surface area contributed by atoms with Gasteiger partial charge in [0.15, 0.2) is 0 Å². The van der Waals surface area contributed by atoms with Crippen LogP contribution >= 0.6 is 0 Å². The lowest BCUT2D eigenvalue weighted by Crippen LogP contribution is -2.37. The Morgan fingerprint density at radius 1 is 1.12 bits per heavy atom. The number of rotatable bonds is 5. The lowest BCUT2D eigenvalue weighted by Gasteiger charge is -2.27. The number of benzene rings is 1. The normalized spacial score (nSPS) is 14.6. The second-order valence-corrected chi connectivity index (χ2v) is 7.77. The second-order valence-electron chi connectivity index (χ2n) is 5.84. The molecule has 0 bridgehead atoms. The van der Waals surface area contributed by atoms with E-state index in [1.165, 1.54) is 16.4 Å². The maximum Gasteiger partial charge on any atom is 0.259 e. The van der Waals surface area contributed by atoms with Crippen LogP contribution in [0.1, 0.15) is 30.6 Å². The first-order valence-corrected chi connectivity index (χ1v) is 9.87. The van der Waals surface area contributed by atoms with E-state index in [4.69, 9.17) is 0 Å². The number of sulfonamides is 1. The molecule has 2 heterocycles. The molecule has 25 heavy (non-hydrogen) atoms. The van der Waals surface area contributed by atoms with Gasteiger partial charge in [0.1, 0.15) is 5.82 Å². The van der Waals surface area contributed by atoms with E-state index in [2.05, 4.69) is 5.10 Å². The quantitative estimate of drug-likeness (QED) is 0.815. The van der Waals surface area contributed by atoms with Gasteiger partial charge >= 0.3 is 0 Å². The van der Waals surface area contributed by atoms with Crippen molar-refractivity contribution in [2.75, 3.05) is 24.5 Å². The fraction of sp³-hybridized carbons (Fsp3) is 0.412. The highest BCUT2D eigenvalue weighted by atomic mass is 32.2. The van der Waals surface area contributed by atoms with E-state index >= 15 is 0 Å². The number of aromatic nitrogens is 2. The SMILES string of the molecule is CCN(CC)S(=O)(=O)c1ccc(C(=O)N2CCCn3nccc32)cc1. The van der Waals surface area contributed by atoms with Gasteiger partial charge in [-0.15, -0.1) is 0 Å². The summed E-state index contributed by atoms with van der Waals surface area (Å²) in [5, 5.41) is 4.21. The molecule has 1 aliphatic heterocycles. The van der Waals surface area contributed by atoms with Gasteiger partial charge in [-0.2, -0.15) is 9.40 Å². The van der Waals surface area contributed by atoms with Crippen LogP contribution in [-0.4, -0.2) is 48.0 Å². The number of fused-ring (bicyclic) bond motifs is 1. The molecule has 0 saturated heterocycles. The standard InChI is InChI=1S/C17H22N4O3S/c1-3-19(4-2)25(23,24)15-8-6-14(7-9-15)17(22)20-12-5-13-21-16(20)10-11-18-21/h6-11H,3-5,12-13H2,1-2H3. The van der Waals surface area contributed by atoms with Gasteiger partial charge in [-0.1, -0.05) is 13.8 Å². The highest BCUT2D eigenvalue weighted by molar-refractivity contribution is 7.89. The third-order valence-electron chi connectivity index (χ3n) is 4.41. The summed E-state index contributed by atoms with van der Waals surface area (Å²) in [4.78, 5) is 14.7. The zero-order chi connectivity index (χ0) is 18.0. The van der Waals surface area contributed by atoms with E-state index in [9.17, 15) is 13.2 Å². The largest absolute Gasteiger partial charge is 0.293 e. The van der Waals surface area contributed by atoms with Crippen molar-refractivity contribution in [3.05, 3.63) is 42.1 Å². The smallest absolute Gasteiger partial charge is 0.259 e. The van der Waals surface area contributed by atoms with Crippen molar-refractivity contribution in [2.24, 2.45) is 0 Å². The third kappa shape index (κ3) is 3.19. The van der Waals surface area contributed by atoms with Crippen LogP contribution in [0.15, 0.2) is 41.4 Å². The Hall–Kier alpha value is -2.19. The highest BCUT2D eigenvalue weighted by Crippen LogP contribution is 2.23. The first-order chi connectivity index (χ1) is 12.0. The van der Waals surface area contributed by atoms with Crippen molar-refractivity contribution >= 4 is 21.7 Å². The summed E-state index contributed by atoms with van der Waals surface area (Å²) in [6, 6.07) is 7.97. The predicted octanol–water partition coefficient (Wildman–Crippen LogP) is 1.96. The molecular formula is C17H22N4O3S. The molecule has 0 atom stereocenters. The minimum Gasteiger partial charge on any atom is -0.293 e. The van der Waals surface area contributed by atoms with E-state index in [1.54, 1.807) is 41.8 Å². The molecule has 0 N–H and O–H groups in total. The lowest BCUT2D eigenvalue weighted by atomic mass is 10.2. The zero-order valence-electron chi connectivity index (χ0n) is 14.4. The summed E-state index contributed by atoms with van der Waals surface area (Å²) in [7, 11) is -3.51. The van der Waals surface area contributed by atoms with E-state index in [-0.39, 0.29) is 10.8 Å². The molecule has 0 spiro atoms. The maximum absolute atomic E-state index is 12.8. The fourth-order valence-electron chi connectivity index (χ4n) is 3.06. The van der Waals surface area contributed by atoms with E-state index in [0.29, 0.717) is 25.2 Å². The lowest BCUT2D eigenvalue weighted by molar-refractivity contribution is 0.0981. The molecule has 7 nitrogen and oxygen atoms in total. The molecule has 2 aromatic rings. The van der Waals surface area contributed by atoms with E-state index < -0.39 is 10.0 Å². The number of anilines is 1. The molecule has 8 heteroatoms. The Kier molecular flexibility index (Phi) is 4.91. The predicted molar refractivity (Wildman–Crippen MR) is 95.1 cm³/mol. The van der Waals surface area contributed by atoms with Gasteiger partial charge in [0.25, 0.3) is 5.91 Å². The summed E-state index contributed by atoms with van der Waals surface area (Å²) in [5.41, 5.74) is 0.466. The number of nitrogens with zero attached hydrogens (tertiary/aromatic N) is 4. The van der Waals surface area contributed by atoms with Crippen molar-refractivity contribution < 1.29 is 13.2 Å². The summed E-state index contributed by atoms with van der Waals surface area (Å²) >= 11 is 0. The molecule has 0 radical (unpaired) electrons. The van der Waals surface area contributed by atoms with Crippen LogP contribution in [0.3, 0.4) is 0 Å². The van der Waals surface area contributed by atoms with Crippen molar-refractivity contribution in [3.63, 3.8) is 0 Å². The van der Waals surface area contributed by atoms with Crippen LogP contribution in [0.2, 0.25) is 0 Å². The van der Waals surface area contributed by atoms with Crippen LogP contribution in [0, 0.1) is 0 Å². The molecule has 1 amide bonds. The van der Waals surface area contributed by atoms with Crippen LogP contribution in [0.5, 0.6) is 0 Å². The van der Waals surface area contributed by atoms with Crippen molar-refractivity contribution in [1.29, 1.82) is 0 Å². The minimum absolute atomic E-state index is 0.145. The van der Waals surface area contributed by atoms with Crippen LogP contribution < -0.4 is 4.90 Å². The Balaban J connectivity index is 1.85. The molecule has 1 aromatic heterocycles. The number of aryl methyl sites for hydroxylation is 1. The van der Waals surface area contributed by atoms with Gasteiger partial charge in [-0.3, -0.25) is 9.69 Å². The number of hydrogen-bond acceptors (Lipinski definition) is 4. The molecule has 0 aliphatic carbocycles. The number of carbonyl (C=O) groups excluding carboxylic acids is 1. The molecule has 1 aromatic carbocycles. The van der Waals surface area contributed by atoms with Crippen LogP contribution in [0.25, 0.3) is 0 Å². The molecular weight excluding hydrogens is 340 g/mol. The zero-order valence-corrected chi connectivity index (χ0v) is 15.2. The molecule has 0 saturated carbocycles. The Morgan fingerprint density at radius 3 is 2.44 bits per heavy atom. The number of amides is 1.